The summed E-state index contributed by atoms with van der Waals surface area (Å²) in [7, 11) is 1.51. The van der Waals surface area contributed by atoms with Gasteiger partial charge in [0.2, 0.25) is 11.2 Å². The predicted octanol–water partition coefficient (Wildman–Crippen LogP) is 4.84. The van der Waals surface area contributed by atoms with Gasteiger partial charge >= 0.3 is 6.01 Å². The van der Waals surface area contributed by atoms with Gasteiger partial charge in [-0.15, -0.1) is 15.3 Å². The zero-order valence-corrected chi connectivity index (χ0v) is 17.0. The van der Waals surface area contributed by atoms with Gasteiger partial charge in [-0.3, -0.25) is 0 Å². The molecule has 5 rings (SSSR count). The first-order valence-corrected chi connectivity index (χ1v) is 9.53. The van der Waals surface area contributed by atoms with E-state index < -0.39 is 0 Å². The number of ether oxygens (including phenoxy) is 2. The first kappa shape index (κ1) is 18.5. The number of nitrogens with zero attached hydrogens (tertiary/aromatic N) is 6. The second-order valence-corrected chi connectivity index (χ2v) is 7.03. The summed E-state index contributed by atoms with van der Waals surface area (Å²) in [6.07, 6.45) is 3.27. The lowest BCUT2D eigenvalue weighted by Crippen LogP contribution is -1.99. The van der Waals surface area contributed by atoms with Crippen LogP contribution in [0.2, 0.25) is 10.3 Å². The van der Waals surface area contributed by atoms with Crippen molar-refractivity contribution in [2.75, 3.05) is 7.11 Å². The average molecular weight is 439 g/mol. The number of halogens is 2. The van der Waals surface area contributed by atoms with Crippen molar-refractivity contribution in [2.24, 2.45) is 0 Å². The van der Waals surface area contributed by atoms with Crippen molar-refractivity contribution in [1.82, 2.24) is 29.8 Å². The van der Waals surface area contributed by atoms with E-state index in [0.717, 1.165) is 10.8 Å². The fourth-order valence-corrected chi connectivity index (χ4v) is 3.41. The van der Waals surface area contributed by atoms with Crippen LogP contribution in [0.25, 0.3) is 27.5 Å². The molecular formula is C20H12Cl2N6O2. The molecule has 3 heterocycles. The molecule has 3 aromatic heterocycles. The fourth-order valence-electron chi connectivity index (χ4n) is 3.08. The van der Waals surface area contributed by atoms with Gasteiger partial charge in [-0.05, 0) is 35.9 Å². The molecule has 0 N–H and O–H groups in total. The minimum atomic E-state index is 0.139. The van der Waals surface area contributed by atoms with E-state index in [1.54, 1.807) is 30.6 Å². The Balaban J connectivity index is 1.67. The van der Waals surface area contributed by atoms with Gasteiger partial charge in [-0.25, -0.2) is 9.97 Å². The summed E-state index contributed by atoms with van der Waals surface area (Å²) in [5.41, 5.74) is 1.95. The molecule has 10 heteroatoms. The van der Waals surface area contributed by atoms with Crippen molar-refractivity contribution in [3.8, 4) is 28.8 Å². The molecule has 0 aliphatic heterocycles. The molecule has 0 fully saturated rings. The second-order valence-electron chi connectivity index (χ2n) is 6.26. The first-order chi connectivity index (χ1) is 14.6. The van der Waals surface area contributed by atoms with Crippen LogP contribution >= 0.6 is 23.2 Å². The number of aromatic nitrogens is 6. The van der Waals surface area contributed by atoms with Crippen molar-refractivity contribution < 1.29 is 9.47 Å². The van der Waals surface area contributed by atoms with Gasteiger partial charge in [0.05, 0.1) is 7.11 Å². The van der Waals surface area contributed by atoms with Gasteiger partial charge in [0, 0.05) is 39.3 Å². The third-order valence-electron chi connectivity index (χ3n) is 4.46. The molecule has 2 aromatic carbocycles. The number of fused-ring (bicyclic) bond motifs is 3. The molecule has 0 saturated heterocycles. The third kappa shape index (κ3) is 3.16. The molecule has 30 heavy (non-hydrogen) atoms. The Morgan fingerprint density at radius 3 is 2.47 bits per heavy atom. The number of rotatable bonds is 4. The van der Waals surface area contributed by atoms with Crippen molar-refractivity contribution in [1.29, 1.82) is 0 Å². The minimum absolute atomic E-state index is 0.139. The Kier molecular flexibility index (Phi) is 4.57. The Morgan fingerprint density at radius 1 is 0.933 bits per heavy atom. The molecule has 8 nitrogen and oxygen atoms in total. The van der Waals surface area contributed by atoms with E-state index in [-0.39, 0.29) is 11.3 Å². The summed E-state index contributed by atoms with van der Waals surface area (Å²) in [6, 6.07) is 13.1. The van der Waals surface area contributed by atoms with Gasteiger partial charge < -0.3 is 9.47 Å². The highest BCUT2D eigenvalue weighted by Gasteiger charge is 2.17. The monoisotopic (exact) mass is 438 g/mol. The molecule has 0 saturated carbocycles. The van der Waals surface area contributed by atoms with E-state index in [9.17, 15) is 0 Å². The molecule has 0 spiro atoms. The van der Waals surface area contributed by atoms with Crippen LogP contribution in [0, 0.1) is 0 Å². The normalized spacial score (nSPS) is 11.2. The van der Waals surface area contributed by atoms with Crippen LogP contribution < -0.4 is 9.47 Å². The van der Waals surface area contributed by atoms with Crippen LogP contribution in [0.4, 0.5) is 0 Å². The maximum absolute atomic E-state index is 6.23. The van der Waals surface area contributed by atoms with Crippen LogP contribution in [0.3, 0.4) is 0 Å². The molecule has 0 radical (unpaired) electrons. The standard InChI is InChI=1S/C20H12Cl2N6O2/c1-29-20-23-9-11(10-24-20)15-8-12(21)6-7-16(15)30-18-14-5-3-2-4-13(14)17-25-26-19(22)28(17)27-18/h2-10H,1H3. The third-order valence-corrected chi connectivity index (χ3v) is 4.93. The quantitative estimate of drug-likeness (QED) is 0.396. The molecule has 148 valence electrons. The van der Waals surface area contributed by atoms with Gasteiger partial charge in [0.25, 0.3) is 0 Å². The Morgan fingerprint density at radius 2 is 1.70 bits per heavy atom. The highest BCUT2D eigenvalue weighted by atomic mass is 35.5. The van der Waals surface area contributed by atoms with E-state index in [1.807, 2.05) is 24.3 Å². The summed E-state index contributed by atoms with van der Waals surface area (Å²) >= 11 is 12.4. The van der Waals surface area contributed by atoms with Gasteiger partial charge in [0.1, 0.15) is 5.75 Å². The highest BCUT2D eigenvalue weighted by molar-refractivity contribution is 6.31. The molecule has 0 aliphatic carbocycles. The molecular weight excluding hydrogens is 427 g/mol. The zero-order chi connectivity index (χ0) is 20.7. The first-order valence-electron chi connectivity index (χ1n) is 8.77. The van der Waals surface area contributed by atoms with Crippen molar-refractivity contribution in [2.45, 2.75) is 0 Å². The van der Waals surface area contributed by atoms with Gasteiger partial charge in [-0.1, -0.05) is 29.8 Å². The van der Waals surface area contributed by atoms with Crippen LogP contribution in [0.1, 0.15) is 0 Å². The molecule has 0 aliphatic rings. The Bertz CT molecular complexity index is 1390. The van der Waals surface area contributed by atoms with Crippen LogP contribution in [0.5, 0.6) is 17.6 Å². The predicted molar refractivity (Wildman–Crippen MR) is 112 cm³/mol. The lowest BCUT2D eigenvalue weighted by molar-refractivity contribution is 0.380. The van der Waals surface area contributed by atoms with Gasteiger partial charge in [-0.2, -0.15) is 4.52 Å². The lowest BCUT2D eigenvalue weighted by Gasteiger charge is -2.13. The number of methoxy groups -OCH3 is 1. The van der Waals surface area contributed by atoms with Gasteiger partial charge in [0.15, 0.2) is 5.65 Å². The summed E-state index contributed by atoms with van der Waals surface area (Å²) < 4.78 is 12.7. The average Bonchev–Trinajstić information content (AvgIpc) is 3.16. The van der Waals surface area contributed by atoms with Crippen molar-refractivity contribution in [3.05, 3.63) is 65.2 Å². The van der Waals surface area contributed by atoms with Crippen molar-refractivity contribution >= 4 is 39.6 Å². The molecule has 0 amide bonds. The van der Waals surface area contributed by atoms with Crippen LogP contribution in [-0.2, 0) is 0 Å². The number of hydrogen-bond donors (Lipinski definition) is 0. The smallest absolute Gasteiger partial charge is 0.316 e. The second kappa shape index (κ2) is 7.40. The maximum Gasteiger partial charge on any atom is 0.316 e. The lowest BCUT2D eigenvalue weighted by atomic mass is 10.1. The fraction of sp³-hybridized carbons (Fsp3) is 0.0500. The topological polar surface area (TPSA) is 87.3 Å². The highest BCUT2D eigenvalue weighted by Crippen LogP contribution is 2.37. The van der Waals surface area contributed by atoms with E-state index in [4.69, 9.17) is 32.7 Å². The zero-order valence-electron chi connectivity index (χ0n) is 15.5. The van der Waals surface area contributed by atoms with Crippen molar-refractivity contribution in [3.63, 3.8) is 0 Å². The maximum atomic E-state index is 6.23. The Labute approximate surface area is 180 Å². The number of hydrogen-bond acceptors (Lipinski definition) is 7. The number of benzene rings is 2. The van der Waals surface area contributed by atoms with E-state index in [2.05, 4.69) is 25.3 Å². The summed E-state index contributed by atoms with van der Waals surface area (Å²) in [5, 5.41) is 14.8. The molecule has 0 unspecified atom stereocenters. The van der Waals surface area contributed by atoms with E-state index in [0.29, 0.717) is 33.4 Å². The minimum Gasteiger partial charge on any atom is -0.467 e. The van der Waals surface area contributed by atoms with E-state index in [1.165, 1.54) is 11.6 Å². The largest absolute Gasteiger partial charge is 0.467 e. The summed E-state index contributed by atoms with van der Waals surface area (Å²) in [5.74, 6) is 0.868. The molecule has 0 atom stereocenters. The summed E-state index contributed by atoms with van der Waals surface area (Å²) in [6.45, 7) is 0. The summed E-state index contributed by atoms with van der Waals surface area (Å²) in [4.78, 5) is 8.32. The Hall–Kier alpha value is -3.49. The van der Waals surface area contributed by atoms with Crippen LogP contribution in [0.15, 0.2) is 54.9 Å². The molecule has 5 aromatic rings. The van der Waals surface area contributed by atoms with Crippen LogP contribution in [-0.4, -0.2) is 36.9 Å². The molecule has 0 bridgehead atoms. The SMILES string of the molecule is COc1ncc(-c2cc(Cl)ccc2Oc2nn3c(Cl)nnc3c3ccccc23)cn1. The van der Waals surface area contributed by atoms with E-state index >= 15 is 0 Å².